The van der Waals surface area contributed by atoms with Crippen molar-refractivity contribution in [1.29, 1.82) is 0 Å². The molecule has 5 nitrogen and oxygen atoms in total. The van der Waals surface area contributed by atoms with Gasteiger partial charge in [-0.05, 0) is 57.2 Å². The van der Waals surface area contributed by atoms with Gasteiger partial charge in [-0.2, -0.15) is 4.39 Å². The van der Waals surface area contributed by atoms with Crippen molar-refractivity contribution in [2.75, 3.05) is 42.9 Å². The van der Waals surface area contributed by atoms with Crippen LogP contribution in [0.2, 0.25) is 5.02 Å². The maximum atomic E-state index is 15.1. The fourth-order valence-electron chi connectivity index (χ4n) is 4.59. The van der Waals surface area contributed by atoms with Crippen LogP contribution in [0, 0.1) is 17.6 Å². The number of nitrogens with one attached hydrogen (secondary N) is 1. The highest BCUT2D eigenvalue weighted by atomic mass is 35.5. The lowest BCUT2D eigenvalue weighted by Crippen LogP contribution is -2.54. The number of aromatic nitrogens is 1. The number of piperidine rings is 1. The summed E-state index contributed by atoms with van der Waals surface area (Å²) >= 11 is 7.04. The summed E-state index contributed by atoms with van der Waals surface area (Å²) < 4.78 is 51.5. The van der Waals surface area contributed by atoms with Gasteiger partial charge in [0.1, 0.15) is 21.6 Å². The maximum absolute atomic E-state index is 15.1. The SMILES string of the molecule is COC1(C)CCN([C@@]2(C)CCN(c3cc(F)c(SNc4cccc(F)n4)c(F)c3Cl)C2)CC1. The molecule has 0 radical (unpaired) electrons. The van der Waals surface area contributed by atoms with Crippen LogP contribution in [0.5, 0.6) is 0 Å². The Labute approximate surface area is 201 Å². The van der Waals surface area contributed by atoms with Crippen molar-refractivity contribution < 1.29 is 17.9 Å². The van der Waals surface area contributed by atoms with Gasteiger partial charge < -0.3 is 14.4 Å². The molecule has 2 aromatic rings. The number of likely N-dealkylation sites (tertiary alicyclic amines) is 1. The van der Waals surface area contributed by atoms with Crippen LogP contribution in [0.1, 0.15) is 33.1 Å². The van der Waals surface area contributed by atoms with E-state index in [2.05, 4.69) is 28.5 Å². The first-order chi connectivity index (χ1) is 15.6. The Kier molecular flexibility index (Phi) is 7.05. The van der Waals surface area contributed by atoms with Crippen molar-refractivity contribution in [3.05, 3.63) is 46.9 Å². The van der Waals surface area contributed by atoms with E-state index in [1.807, 2.05) is 4.90 Å². The van der Waals surface area contributed by atoms with Gasteiger partial charge in [0.25, 0.3) is 0 Å². The number of halogens is 4. The molecule has 4 rings (SSSR count). The van der Waals surface area contributed by atoms with E-state index in [0.717, 1.165) is 32.4 Å². The smallest absolute Gasteiger partial charge is 0.214 e. The molecule has 0 amide bonds. The summed E-state index contributed by atoms with van der Waals surface area (Å²) in [6, 6.07) is 5.42. The van der Waals surface area contributed by atoms with Crippen LogP contribution in [0.15, 0.2) is 29.2 Å². The van der Waals surface area contributed by atoms with Crippen LogP contribution in [-0.4, -0.2) is 54.3 Å². The molecule has 2 aliphatic heterocycles. The van der Waals surface area contributed by atoms with Crippen LogP contribution in [0.4, 0.5) is 24.7 Å². The first-order valence-corrected chi connectivity index (χ1v) is 12.1. The molecule has 2 saturated heterocycles. The number of rotatable bonds is 6. The Hall–Kier alpha value is -1.68. The Morgan fingerprint density at radius 2 is 1.85 bits per heavy atom. The van der Waals surface area contributed by atoms with Gasteiger partial charge in [-0.1, -0.05) is 17.7 Å². The van der Waals surface area contributed by atoms with Crippen LogP contribution in [-0.2, 0) is 4.74 Å². The van der Waals surface area contributed by atoms with E-state index in [9.17, 15) is 8.78 Å². The predicted molar refractivity (Wildman–Crippen MR) is 126 cm³/mol. The quantitative estimate of drug-likeness (QED) is 0.310. The Bertz CT molecular complexity index is 1020. The summed E-state index contributed by atoms with van der Waals surface area (Å²) in [6.45, 7) is 7.46. The molecule has 0 saturated carbocycles. The molecule has 1 aromatic heterocycles. The molecule has 1 N–H and O–H groups in total. The molecular weight excluding hydrogens is 473 g/mol. The summed E-state index contributed by atoms with van der Waals surface area (Å²) in [7, 11) is 1.76. The number of methoxy groups -OCH3 is 1. The third kappa shape index (κ3) is 5.06. The highest BCUT2D eigenvalue weighted by Gasteiger charge is 2.43. The van der Waals surface area contributed by atoms with Gasteiger partial charge in [-0.25, -0.2) is 13.8 Å². The lowest BCUT2D eigenvalue weighted by Gasteiger charge is -2.46. The molecule has 3 heterocycles. The van der Waals surface area contributed by atoms with E-state index in [0.29, 0.717) is 30.7 Å². The van der Waals surface area contributed by atoms with Crippen molar-refractivity contribution in [3.8, 4) is 0 Å². The molecule has 0 bridgehead atoms. The second-order valence-corrected chi connectivity index (χ2v) is 10.4. The fourth-order valence-corrected chi connectivity index (χ4v) is 5.58. The van der Waals surface area contributed by atoms with Crippen molar-refractivity contribution in [1.82, 2.24) is 9.88 Å². The molecule has 33 heavy (non-hydrogen) atoms. The normalized spacial score (nSPS) is 23.2. The molecule has 2 fully saturated rings. The van der Waals surface area contributed by atoms with E-state index in [1.54, 1.807) is 7.11 Å². The number of pyridine rings is 1. The van der Waals surface area contributed by atoms with E-state index in [-0.39, 0.29) is 26.9 Å². The summed E-state index contributed by atoms with van der Waals surface area (Å²) in [5.41, 5.74) is 0.148. The second-order valence-electron chi connectivity index (χ2n) is 9.19. The van der Waals surface area contributed by atoms with E-state index < -0.39 is 17.6 Å². The fraction of sp³-hybridized carbons (Fsp3) is 0.522. The monoisotopic (exact) mass is 500 g/mol. The molecule has 10 heteroatoms. The molecule has 0 unspecified atom stereocenters. The molecule has 2 aliphatic rings. The standard InChI is InChI=1S/C23H28ClF3N4OS/c1-22(31-11-8-23(2,32-3)9-12-31)7-10-30(14-22)16-13-15(25)21(20(27)19(16)24)33-29-18-6-4-5-17(26)28-18/h4-6,13H,7-12,14H2,1-3H3,(H,28,29)/t22-/m0/s1. The van der Waals surface area contributed by atoms with E-state index >= 15 is 4.39 Å². The first kappa shape index (κ1) is 24.4. The molecular formula is C23H28ClF3N4OS. The van der Waals surface area contributed by atoms with Gasteiger partial charge in [0, 0.05) is 44.9 Å². The third-order valence-corrected chi connectivity index (χ3v) is 8.19. The molecule has 180 valence electrons. The third-order valence-electron chi connectivity index (χ3n) is 6.94. The number of benzene rings is 1. The largest absolute Gasteiger partial charge is 0.378 e. The predicted octanol–water partition coefficient (Wildman–Crippen LogP) is 5.74. The molecule has 1 atom stereocenters. The summed E-state index contributed by atoms with van der Waals surface area (Å²) in [5, 5.41) is -0.122. The number of anilines is 2. The van der Waals surface area contributed by atoms with E-state index in [1.165, 1.54) is 24.3 Å². The summed E-state index contributed by atoms with van der Waals surface area (Å²) in [4.78, 5) is 7.75. The second kappa shape index (κ2) is 9.52. The zero-order chi connectivity index (χ0) is 23.8. The minimum Gasteiger partial charge on any atom is -0.378 e. The Morgan fingerprint density at radius 3 is 2.52 bits per heavy atom. The first-order valence-electron chi connectivity index (χ1n) is 10.9. The maximum Gasteiger partial charge on any atom is 0.214 e. The van der Waals surface area contributed by atoms with Crippen LogP contribution < -0.4 is 9.62 Å². The van der Waals surface area contributed by atoms with Crippen LogP contribution in [0.3, 0.4) is 0 Å². The van der Waals surface area contributed by atoms with Crippen molar-refractivity contribution in [3.63, 3.8) is 0 Å². The zero-order valence-electron chi connectivity index (χ0n) is 18.9. The lowest BCUT2D eigenvalue weighted by atomic mass is 9.88. The van der Waals surface area contributed by atoms with Gasteiger partial charge in [0.2, 0.25) is 5.95 Å². The van der Waals surface area contributed by atoms with Gasteiger partial charge in [0.15, 0.2) is 5.82 Å². The molecule has 0 spiro atoms. The van der Waals surface area contributed by atoms with Crippen molar-refractivity contribution in [2.45, 2.75) is 49.1 Å². The lowest BCUT2D eigenvalue weighted by molar-refractivity contribution is -0.0604. The van der Waals surface area contributed by atoms with Crippen LogP contribution in [0.25, 0.3) is 0 Å². The van der Waals surface area contributed by atoms with Crippen molar-refractivity contribution in [2.24, 2.45) is 0 Å². The highest BCUT2D eigenvalue weighted by Crippen LogP contribution is 2.41. The number of hydrogen-bond donors (Lipinski definition) is 1. The van der Waals surface area contributed by atoms with Gasteiger partial charge in [-0.3, -0.25) is 4.90 Å². The summed E-state index contributed by atoms with van der Waals surface area (Å²) in [6.07, 6.45) is 2.77. The van der Waals surface area contributed by atoms with Crippen molar-refractivity contribution >= 4 is 35.1 Å². The molecule has 1 aromatic carbocycles. The van der Waals surface area contributed by atoms with Gasteiger partial charge in [0.05, 0.1) is 11.3 Å². The average molecular weight is 501 g/mol. The van der Waals surface area contributed by atoms with Gasteiger partial charge in [-0.15, -0.1) is 0 Å². The minimum absolute atomic E-state index is 0.0940. The van der Waals surface area contributed by atoms with E-state index in [4.69, 9.17) is 16.3 Å². The number of hydrogen-bond acceptors (Lipinski definition) is 6. The highest BCUT2D eigenvalue weighted by molar-refractivity contribution is 8.00. The molecule has 0 aliphatic carbocycles. The summed E-state index contributed by atoms with van der Waals surface area (Å²) in [5.74, 6) is -2.11. The zero-order valence-corrected chi connectivity index (χ0v) is 20.5. The van der Waals surface area contributed by atoms with Gasteiger partial charge >= 0.3 is 0 Å². The number of nitrogens with zero attached hydrogens (tertiary/aromatic N) is 3. The average Bonchev–Trinajstić information content (AvgIpc) is 3.19. The Balaban J connectivity index is 1.47. The minimum atomic E-state index is -0.844. The van der Waals surface area contributed by atoms with Crippen LogP contribution >= 0.6 is 23.5 Å². The number of ether oxygens (including phenoxy) is 1. The Morgan fingerprint density at radius 1 is 1.12 bits per heavy atom. The topological polar surface area (TPSA) is 40.6 Å².